The maximum atomic E-state index is 12.2. The Balaban J connectivity index is 1.59. The van der Waals surface area contributed by atoms with Crippen LogP contribution in [0.3, 0.4) is 0 Å². The number of likely N-dealkylation sites (tertiary alicyclic amines) is 1. The first kappa shape index (κ1) is 16.0. The van der Waals surface area contributed by atoms with Gasteiger partial charge in [0.15, 0.2) is 0 Å². The van der Waals surface area contributed by atoms with Crippen LogP contribution in [0.5, 0.6) is 0 Å². The number of ether oxygens (including phenoxy) is 1. The third-order valence-corrected chi connectivity index (χ3v) is 4.42. The second kappa shape index (κ2) is 7.62. The van der Waals surface area contributed by atoms with E-state index >= 15 is 0 Å². The lowest BCUT2D eigenvalue weighted by Gasteiger charge is -2.18. The molecule has 5 nitrogen and oxygen atoms in total. The Morgan fingerprint density at radius 3 is 2.87 bits per heavy atom. The van der Waals surface area contributed by atoms with Crippen LogP contribution >= 0.6 is 0 Å². The molecule has 1 aromatic rings. The fourth-order valence-corrected chi connectivity index (χ4v) is 3.10. The Morgan fingerprint density at radius 2 is 2.17 bits per heavy atom. The van der Waals surface area contributed by atoms with E-state index in [0.29, 0.717) is 13.2 Å². The average molecular weight is 316 g/mol. The van der Waals surface area contributed by atoms with Crippen LogP contribution in [0.25, 0.3) is 0 Å². The van der Waals surface area contributed by atoms with Gasteiger partial charge in [-0.1, -0.05) is 24.3 Å². The van der Waals surface area contributed by atoms with Crippen molar-refractivity contribution in [1.29, 1.82) is 0 Å². The van der Waals surface area contributed by atoms with Gasteiger partial charge >= 0.3 is 0 Å². The highest BCUT2D eigenvalue weighted by atomic mass is 16.5. The third kappa shape index (κ3) is 4.33. The van der Waals surface area contributed by atoms with Gasteiger partial charge in [0.05, 0.1) is 24.5 Å². The number of aliphatic hydroxyl groups is 1. The Kier molecular flexibility index (Phi) is 5.31. The van der Waals surface area contributed by atoms with Gasteiger partial charge in [-0.2, -0.15) is 0 Å². The number of nitrogens with one attached hydrogen (secondary N) is 1. The molecule has 0 radical (unpaired) electrons. The lowest BCUT2D eigenvalue weighted by atomic mass is 10.1. The van der Waals surface area contributed by atoms with E-state index in [0.717, 1.165) is 50.0 Å². The van der Waals surface area contributed by atoms with Crippen LogP contribution < -0.4 is 5.32 Å². The number of aliphatic hydroxyl groups excluding tert-OH is 1. The molecule has 2 aliphatic heterocycles. The van der Waals surface area contributed by atoms with Crippen molar-refractivity contribution in [1.82, 2.24) is 10.2 Å². The van der Waals surface area contributed by atoms with Crippen LogP contribution in [0.4, 0.5) is 0 Å². The molecule has 2 heterocycles. The average Bonchev–Trinajstić information content (AvgIpc) is 2.99. The Bertz CT molecular complexity index is 585. The van der Waals surface area contributed by atoms with Gasteiger partial charge in [0, 0.05) is 26.2 Å². The summed E-state index contributed by atoms with van der Waals surface area (Å²) in [5, 5.41) is 12.6. The van der Waals surface area contributed by atoms with Crippen molar-refractivity contribution in [3.8, 4) is 0 Å². The minimum atomic E-state index is -0.208. The number of benzene rings is 1. The summed E-state index contributed by atoms with van der Waals surface area (Å²) in [5.74, 6) is -0.0453. The van der Waals surface area contributed by atoms with Gasteiger partial charge in [0.2, 0.25) is 0 Å². The van der Waals surface area contributed by atoms with Gasteiger partial charge in [-0.25, -0.2) is 0 Å². The summed E-state index contributed by atoms with van der Waals surface area (Å²) >= 11 is 0. The largest absolute Gasteiger partial charge is 0.501 e. The first-order chi connectivity index (χ1) is 11.2. The first-order valence-corrected chi connectivity index (χ1v) is 8.28. The summed E-state index contributed by atoms with van der Waals surface area (Å²) in [5.41, 5.74) is 3.05. The molecule has 0 spiro atoms. The summed E-state index contributed by atoms with van der Waals surface area (Å²) in [6, 6.07) is 8.15. The molecule has 3 rings (SSSR count). The van der Waals surface area contributed by atoms with Gasteiger partial charge in [0.1, 0.15) is 0 Å². The Labute approximate surface area is 136 Å². The van der Waals surface area contributed by atoms with Gasteiger partial charge < -0.3 is 15.2 Å². The molecule has 2 N–H and O–H groups in total. The van der Waals surface area contributed by atoms with Crippen LogP contribution in [0.2, 0.25) is 0 Å². The minimum Gasteiger partial charge on any atom is -0.501 e. The van der Waals surface area contributed by atoms with E-state index < -0.39 is 0 Å². The van der Waals surface area contributed by atoms with Crippen molar-refractivity contribution >= 4 is 5.91 Å². The molecule has 124 valence electrons. The van der Waals surface area contributed by atoms with E-state index in [9.17, 15) is 9.90 Å². The fourth-order valence-electron chi connectivity index (χ4n) is 3.10. The van der Waals surface area contributed by atoms with E-state index in [2.05, 4.69) is 16.3 Å². The lowest BCUT2D eigenvalue weighted by molar-refractivity contribution is -0.118. The molecule has 1 amide bonds. The van der Waals surface area contributed by atoms with Crippen LogP contribution in [0.15, 0.2) is 36.1 Å². The SMILES string of the molecule is O=C(NCc1ccccc1CN1CC[C@@H](O)C1)C1=COCCC1. The quantitative estimate of drug-likeness (QED) is 0.865. The maximum Gasteiger partial charge on any atom is 0.250 e. The van der Waals surface area contributed by atoms with Crippen molar-refractivity contribution in [2.24, 2.45) is 0 Å². The monoisotopic (exact) mass is 316 g/mol. The Hall–Kier alpha value is -1.85. The summed E-state index contributed by atoms with van der Waals surface area (Å²) < 4.78 is 5.22. The van der Waals surface area contributed by atoms with Gasteiger partial charge in [-0.3, -0.25) is 9.69 Å². The zero-order valence-electron chi connectivity index (χ0n) is 13.3. The first-order valence-electron chi connectivity index (χ1n) is 8.28. The lowest BCUT2D eigenvalue weighted by Crippen LogP contribution is -2.27. The molecule has 0 aliphatic carbocycles. The van der Waals surface area contributed by atoms with Crippen LogP contribution in [-0.4, -0.2) is 41.7 Å². The molecule has 0 aromatic heterocycles. The standard InChI is InChI=1S/C18H24N2O3/c21-17-7-8-20(12-17)11-15-5-2-1-4-14(15)10-19-18(22)16-6-3-9-23-13-16/h1-2,4-5,13,17,21H,3,6-12H2,(H,19,22)/t17-/m1/s1. The summed E-state index contributed by atoms with van der Waals surface area (Å²) in [7, 11) is 0. The Morgan fingerprint density at radius 1 is 1.35 bits per heavy atom. The van der Waals surface area contributed by atoms with E-state index in [1.807, 2.05) is 18.2 Å². The van der Waals surface area contributed by atoms with E-state index in [-0.39, 0.29) is 12.0 Å². The molecular formula is C18H24N2O3. The second-order valence-corrected chi connectivity index (χ2v) is 6.25. The maximum absolute atomic E-state index is 12.2. The van der Waals surface area contributed by atoms with Gasteiger partial charge in [0.25, 0.3) is 5.91 Å². The van der Waals surface area contributed by atoms with Crippen molar-refractivity contribution < 1.29 is 14.6 Å². The molecule has 0 unspecified atom stereocenters. The zero-order valence-corrected chi connectivity index (χ0v) is 13.3. The van der Waals surface area contributed by atoms with Crippen LogP contribution in [0.1, 0.15) is 30.4 Å². The predicted octanol–water partition coefficient (Wildman–Crippen LogP) is 1.56. The number of nitrogens with zero attached hydrogens (tertiary/aromatic N) is 1. The number of β-amino-alcohol motifs (C(OH)–C–C–N with tert-alkyl or cyclic N) is 1. The molecule has 0 saturated carbocycles. The van der Waals surface area contributed by atoms with Crippen molar-refractivity contribution in [2.45, 2.75) is 38.5 Å². The molecule has 1 fully saturated rings. The molecule has 0 bridgehead atoms. The molecule has 5 heteroatoms. The number of hydrogen-bond donors (Lipinski definition) is 2. The number of carbonyl (C=O) groups is 1. The van der Waals surface area contributed by atoms with Crippen molar-refractivity contribution in [2.75, 3.05) is 19.7 Å². The van der Waals surface area contributed by atoms with Crippen molar-refractivity contribution in [3.05, 3.63) is 47.2 Å². The summed E-state index contributed by atoms with van der Waals surface area (Å²) in [6.07, 6.45) is 3.88. The molecule has 23 heavy (non-hydrogen) atoms. The molecule has 2 aliphatic rings. The normalized spacial score (nSPS) is 21.6. The van der Waals surface area contributed by atoms with Gasteiger partial charge in [-0.15, -0.1) is 0 Å². The van der Waals surface area contributed by atoms with Gasteiger partial charge in [-0.05, 0) is 30.4 Å². The number of rotatable bonds is 5. The highest BCUT2D eigenvalue weighted by Crippen LogP contribution is 2.17. The summed E-state index contributed by atoms with van der Waals surface area (Å²) in [6.45, 7) is 3.68. The van der Waals surface area contributed by atoms with Crippen molar-refractivity contribution in [3.63, 3.8) is 0 Å². The second-order valence-electron chi connectivity index (χ2n) is 6.25. The topological polar surface area (TPSA) is 61.8 Å². The van der Waals surface area contributed by atoms with E-state index in [1.165, 1.54) is 5.56 Å². The summed E-state index contributed by atoms with van der Waals surface area (Å²) in [4.78, 5) is 14.4. The zero-order chi connectivity index (χ0) is 16.1. The number of amides is 1. The number of carbonyl (C=O) groups excluding carboxylic acids is 1. The highest BCUT2D eigenvalue weighted by Gasteiger charge is 2.21. The third-order valence-electron chi connectivity index (χ3n) is 4.42. The molecule has 1 atom stereocenters. The molecule has 1 aromatic carbocycles. The molecular weight excluding hydrogens is 292 g/mol. The van der Waals surface area contributed by atoms with E-state index in [1.54, 1.807) is 6.26 Å². The smallest absolute Gasteiger partial charge is 0.250 e. The highest BCUT2D eigenvalue weighted by molar-refractivity contribution is 5.93. The van der Waals surface area contributed by atoms with E-state index in [4.69, 9.17) is 4.74 Å². The fraction of sp³-hybridized carbons (Fsp3) is 0.500. The van der Waals surface area contributed by atoms with Crippen LogP contribution in [0, 0.1) is 0 Å². The molecule has 1 saturated heterocycles. The van der Waals surface area contributed by atoms with Crippen LogP contribution in [-0.2, 0) is 22.6 Å². The number of hydrogen-bond acceptors (Lipinski definition) is 4. The minimum absolute atomic E-state index is 0.0453. The predicted molar refractivity (Wildman–Crippen MR) is 87.5 cm³/mol.